The van der Waals surface area contributed by atoms with Crippen LogP contribution in [0.15, 0.2) is 27.1 Å². The highest BCUT2D eigenvalue weighted by Crippen LogP contribution is 2.20. The number of hydrogen-bond donors (Lipinski definition) is 0. The monoisotopic (exact) mass is 391 g/mol. The molecule has 1 aromatic carbocycles. The van der Waals surface area contributed by atoms with Crippen LogP contribution in [0.1, 0.15) is 40.2 Å². The summed E-state index contributed by atoms with van der Waals surface area (Å²) in [4.78, 5) is 12.2. The van der Waals surface area contributed by atoms with E-state index in [1.807, 2.05) is 0 Å². The standard InChI is InChI=1S/C15H19BrFNO3S/c1-9(2)21-14(19)13(18-22(20)15(3,4)5)11-8-10(16)6-7-12(11)17/h6-9H,1-5H3. The molecule has 122 valence electrons. The quantitative estimate of drug-likeness (QED) is 0.579. The average molecular weight is 392 g/mol. The molecule has 0 saturated heterocycles. The van der Waals surface area contributed by atoms with Crippen molar-refractivity contribution >= 4 is 38.6 Å². The SMILES string of the molecule is CC(C)OC(=O)C(=NS(=O)C(C)(C)C)c1cc(Br)ccc1F. The molecule has 0 aliphatic carbocycles. The Morgan fingerprint density at radius 1 is 1.36 bits per heavy atom. The number of benzene rings is 1. The van der Waals surface area contributed by atoms with Crippen molar-refractivity contribution in [3.8, 4) is 0 Å². The van der Waals surface area contributed by atoms with Gasteiger partial charge in [0.1, 0.15) is 16.8 Å². The third-order valence-corrected chi connectivity index (χ3v) is 4.31. The molecular weight excluding hydrogens is 373 g/mol. The van der Waals surface area contributed by atoms with Crippen LogP contribution in [-0.4, -0.2) is 26.7 Å². The van der Waals surface area contributed by atoms with Gasteiger partial charge in [-0.15, -0.1) is 0 Å². The molecule has 1 unspecified atom stereocenters. The first kappa shape index (κ1) is 19.0. The van der Waals surface area contributed by atoms with Gasteiger partial charge in [-0.3, -0.25) is 0 Å². The van der Waals surface area contributed by atoms with Crippen molar-refractivity contribution in [2.45, 2.75) is 45.5 Å². The molecule has 7 heteroatoms. The Balaban J connectivity index is 3.40. The zero-order valence-corrected chi connectivity index (χ0v) is 15.5. The zero-order valence-electron chi connectivity index (χ0n) is 13.1. The van der Waals surface area contributed by atoms with Crippen molar-refractivity contribution in [2.24, 2.45) is 4.40 Å². The van der Waals surface area contributed by atoms with Gasteiger partial charge >= 0.3 is 5.97 Å². The first-order chi connectivity index (χ1) is 10.0. The van der Waals surface area contributed by atoms with Crippen LogP contribution in [0, 0.1) is 5.82 Å². The molecule has 1 rings (SSSR count). The van der Waals surface area contributed by atoms with Gasteiger partial charge in [-0.1, -0.05) is 15.9 Å². The van der Waals surface area contributed by atoms with Crippen LogP contribution in [0.25, 0.3) is 0 Å². The fourth-order valence-corrected chi connectivity index (χ4v) is 2.34. The van der Waals surface area contributed by atoms with E-state index in [0.717, 1.165) is 0 Å². The molecule has 4 nitrogen and oxygen atoms in total. The van der Waals surface area contributed by atoms with Gasteiger partial charge in [0, 0.05) is 10.0 Å². The van der Waals surface area contributed by atoms with Crippen molar-refractivity contribution in [2.75, 3.05) is 0 Å². The maximum Gasteiger partial charge on any atom is 0.358 e. The Kier molecular flexibility index (Phi) is 6.43. The number of nitrogens with zero attached hydrogens (tertiary/aromatic N) is 1. The smallest absolute Gasteiger partial charge is 0.358 e. The molecule has 0 aliphatic heterocycles. The Bertz CT molecular complexity index is 624. The normalized spacial score (nSPS) is 14.1. The molecule has 22 heavy (non-hydrogen) atoms. The third-order valence-electron chi connectivity index (χ3n) is 2.42. The van der Waals surface area contributed by atoms with Gasteiger partial charge in [0.15, 0.2) is 5.71 Å². The van der Waals surface area contributed by atoms with E-state index in [-0.39, 0.29) is 11.3 Å². The van der Waals surface area contributed by atoms with E-state index in [9.17, 15) is 13.4 Å². The average Bonchev–Trinajstić information content (AvgIpc) is 2.36. The van der Waals surface area contributed by atoms with Gasteiger partial charge in [0.2, 0.25) is 0 Å². The highest BCUT2D eigenvalue weighted by Gasteiger charge is 2.26. The third kappa shape index (κ3) is 5.28. The second-order valence-corrected chi connectivity index (χ2v) is 8.70. The molecule has 0 amide bonds. The largest absolute Gasteiger partial charge is 0.458 e. The van der Waals surface area contributed by atoms with Crippen LogP contribution in [0.4, 0.5) is 4.39 Å². The van der Waals surface area contributed by atoms with Crippen molar-refractivity contribution in [1.29, 1.82) is 0 Å². The summed E-state index contributed by atoms with van der Waals surface area (Å²) in [6.07, 6.45) is -0.393. The molecule has 0 N–H and O–H groups in total. The number of carbonyl (C=O) groups is 1. The lowest BCUT2D eigenvalue weighted by Gasteiger charge is -2.16. The molecule has 1 atom stereocenters. The van der Waals surface area contributed by atoms with Gasteiger partial charge < -0.3 is 4.74 Å². The minimum Gasteiger partial charge on any atom is -0.458 e. The lowest BCUT2D eigenvalue weighted by Crippen LogP contribution is -2.27. The number of esters is 1. The summed E-state index contributed by atoms with van der Waals surface area (Å²) in [5.74, 6) is -1.43. The van der Waals surface area contributed by atoms with Gasteiger partial charge in [0.05, 0.1) is 10.9 Å². The van der Waals surface area contributed by atoms with Gasteiger partial charge in [-0.2, -0.15) is 4.40 Å². The van der Waals surface area contributed by atoms with E-state index in [1.54, 1.807) is 34.6 Å². The predicted molar refractivity (Wildman–Crippen MR) is 89.8 cm³/mol. The summed E-state index contributed by atoms with van der Waals surface area (Å²) in [5.41, 5.74) is -0.321. The first-order valence-electron chi connectivity index (χ1n) is 6.69. The van der Waals surface area contributed by atoms with E-state index in [1.165, 1.54) is 18.2 Å². The molecular formula is C15H19BrFNO3S. The maximum atomic E-state index is 14.1. The molecule has 0 saturated carbocycles. The fraction of sp³-hybridized carbons (Fsp3) is 0.467. The molecule has 0 aromatic heterocycles. The van der Waals surface area contributed by atoms with E-state index in [2.05, 4.69) is 20.3 Å². The van der Waals surface area contributed by atoms with Crippen LogP contribution in [0.5, 0.6) is 0 Å². The fourth-order valence-electron chi connectivity index (χ4n) is 1.37. The van der Waals surface area contributed by atoms with Gasteiger partial charge in [-0.05, 0) is 52.8 Å². The second kappa shape index (κ2) is 7.46. The topological polar surface area (TPSA) is 55.7 Å². The lowest BCUT2D eigenvalue weighted by molar-refractivity contribution is -0.138. The van der Waals surface area contributed by atoms with Gasteiger partial charge in [-0.25, -0.2) is 13.4 Å². The van der Waals surface area contributed by atoms with E-state index < -0.39 is 33.6 Å². The van der Waals surface area contributed by atoms with E-state index in [4.69, 9.17) is 4.74 Å². The Hall–Kier alpha value is -1.08. The van der Waals surface area contributed by atoms with Crippen LogP contribution < -0.4 is 0 Å². The van der Waals surface area contributed by atoms with E-state index >= 15 is 0 Å². The number of halogens is 2. The number of carbonyl (C=O) groups excluding carboxylic acids is 1. The first-order valence-corrected chi connectivity index (χ1v) is 8.59. The van der Waals surface area contributed by atoms with Crippen LogP contribution in [0.3, 0.4) is 0 Å². The van der Waals surface area contributed by atoms with Crippen LogP contribution in [-0.2, 0) is 20.5 Å². The molecule has 1 aromatic rings. The Morgan fingerprint density at radius 2 is 1.95 bits per heavy atom. The zero-order chi connectivity index (χ0) is 17.1. The number of ether oxygens (including phenoxy) is 1. The number of hydrogen-bond acceptors (Lipinski definition) is 3. The minimum absolute atomic E-state index is 0.0439. The molecule has 0 radical (unpaired) electrons. The van der Waals surface area contributed by atoms with Gasteiger partial charge in [0.25, 0.3) is 0 Å². The summed E-state index contributed by atoms with van der Waals surface area (Å²) in [7, 11) is -1.71. The summed E-state index contributed by atoms with van der Waals surface area (Å²) in [6.45, 7) is 8.50. The maximum absolute atomic E-state index is 14.1. The molecule has 0 bridgehead atoms. The predicted octanol–water partition coefficient (Wildman–Crippen LogP) is 3.79. The summed E-state index contributed by atoms with van der Waals surface area (Å²) in [6, 6.07) is 4.12. The van der Waals surface area contributed by atoms with Crippen LogP contribution >= 0.6 is 15.9 Å². The summed E-state index contributed by atoms with van der Waals surface area (Å²) >= 11 is 3.22. The highest BCUT2D eigenvalue weighted by atomic mass is 79.9. The van der Waals surface area contributed by atoms with Crippen molar-refractivity contribution in [3.63, 3.8) is 0 Å². The summed E-state index contributed by atoms with van der Waals surface area (Å²) in [5, 5.41) is 0. The van der Waals surface area contributed by atoms with Crippen molar-refractivity contribution in [3.05, 3.63) is 34.1 Å². The van der Waals surface area contributed by atoms with E-state index in [0.29, 0.717) is 4.47 Å². The second-order valence-electron chi connectivity index (χ2n) is 5.88. The highest BCUT2D eigenvalue weighted by molar-refractivity contribution is 9.10. The Morgan fingerprint density at radius 3 is 2.45 bits per heavy atom. The molecule has 0 fully saturated rings. The molecule has 0 heterocycles. The van der Waals surface area contributed by atoms with Crippen LogP contribution in [0.2, 0.25) is 0 Å². The molecule has 0 aliphatic rings. The number of rotatable bonds is 4. The summed E-state index contributed by atoms with van der Waals surface area (Å²) < 4.78 is 35.2. The lowest BCUT2D eigenvalue weighted by atomic mass is 10.1. The minimum atomic E-state index is -1.71. The Labute approximate surface area is 140 Å². The van der Waals surface area contributed by atoms with Crippen molar-refractivity contribution in [1.82, 2.24) is 0 Å². The molecule has 0 spiro atoms. The van der Waals surface area contributed by atoms with Crippen molar-refractivity contribution < 1.29 is 18.1 Å².